The van der Waals surface area contributed by atoms with Crippen molar-refractivity contribution in [2.45, 2.75) is 62.5 Å². The molecule has 27 heavy (non-hydrogen) atoms. The zero-order chi connectivity index (χ0) is 19.8. The van der Waals surface area contributed by atoms with Gasteiger partial charge in [0.25, 0.3) is 0 Å². The van der Waals surface area contributed by atoms with Crippen LogP contribution in [0.3, 0.4) is 0 Å². The highest BCUT2D eigenvalue weighted by Crippen LogP contribution is 2.51. The summed E-state index contributed by atoms with van der Waals surface area (Å²) in [5.41, 5.74) is 4.57. The van der Waals surface area contributed by atoms with Crippen LogP contribution in [-0.2, 0) is 16.6 Å². The summed E-state index contributed by atoms with van der Waals surface area (Å²) < 4.78 is 0.226. The molecule has 0 saturated carbocycles. The number of thioether (sulfide) groups is 1. The smallest absolute Gasteiger partial charge is 0.309 e. The Morgan fingerprint density at radius 3 is 2.56 bits per heavy atom. The van der Waals surface area contributed by atoms with Gasteiger partial charge < -0.3 is 5.11 Å². The maximum Gasteiger partial charge on any atom is 0.309 e. The highest BCUT2D eigenvalue weighted by molar-refractivity contribution is 8.00. The van der Waals surface area contributed by atoms with Gasteiger partial charge in [0.1, 0.15) is 5.69 Å². The number of hydrogen-bond donors (Lipinski definition) is 1. The SMILES string of the molecule is Cc1cc2c(cc1C#Cc1ccc(CC(=O)O)nn1)C(C)(C)CC(C)(C)S2. The van der Waals surface area contributed by atoms with E-state index in [0.717, 1.165) is 17.5 Å². The molecule has 0 atom stereocenters. The minimum absolute atomic E-state index is 0.104. The predicted octanol–water partition coefficient (Wildman–Crippen LogP) is 4.36. The molecular formula is C22H24N2O2S. The quantitative estimate of drug-likeness (QED) is 0.784. The maximum absolute atomic E-state index is 10.7. The standard InChI is InChI=1S/C22H24N2O2S/c1-14-10-19-18(21(2,3)13-22(4,5)27-19)11-15(14)6-7-16-8-9-17(24-23-16)12-20(25)26/h8-11H,12-13H2,1-5H3,(H,25,26). The number of aryl methyl sites for hydroxylation is 1. The molecule has 0 unspecified atom stereocenters. The summed E-state index contributed by atoms with van der Waals surface area (Å²) in [6.07, 6.45) is 0.984. The first kappa shape index (κ1) is 19.4. The van der Waals surface area contributed by atoms with Crippen molar-refractivity contribution in [2.75, 3.05) is 0 Å². The van der Waals surface area contributed by atoms with Crippen LogP contribution >= 0.6 is 11.8 Å². The molecule has 1 aromatic heterocycles. The molecule has 1 aliphatic rings. The summed E-state index contributed by atoms with van der Waals surface area (Å²) in [5.74, 6) is 5.35. The molecule has 1 N–H and O–H groups in total. The molecule has 0 aliphatic carbocycles. The molecule has 0 saturated heterocycles. The van der Waals surface area contributed by atoms with Gasteiger partial charge in [0.05, 0.1) is 12.1 Å². The molecule has 2 heterocycles. The fourth-order valence-corrected chi connectivity index (χ4v) is 5.44. The second-order valence-electron chi connectivity index (χ2n) is 8.32. The second kappa shape index (κ2) is 7.01. The lowest BCUT2D eigenvalue weighted by Gasteiger charge is -2.42. The van der Waals surface area contributed by atoms with Crippen LogP contribution in [-0.4, -0.2) is 26.0 Å². The molecule has 3 rings (SSSR count). The Labute approximate surface area is 164 Å². The average molecular weight is 381 g/mol. The molecule has 2 aromatic rings. The zero-order valence-electron chi connectivity index (χ0n) is 16.4. The largest absolute Gasteiger partial charge is 0.481 e. The molecule has 1 aliphatic heterocycles. The fourth-order valence-electron chi connectivity index (χ4n) is 3.73. The van der Waals surface area contributed by atoms with Crippen molar-refractivity contribution in [3.63, 3.8) is 0 Å². The molecule has 140 valence electrons. The van der Waals surface area contributed by atoms with Crippen LogP contribution in [0.25, 0.3) is 0 Å². The first-order valence-corrected chi connectivity index (χ1v) is 9.78. The third-order valence-electron chi connectivity index (χ3n) is 4.69. The van der Waals surface area contributed by atoms with Crippen molar-refractivity contribution in [3.8, 4) is 11.8 Å². The van der Waals surface area contributed by atoms with Gasteiger partial charge in [0.2, 0.25) is 0 Å². The number of nitrogens with zero attached hydrogens (tertiary/aromatic N) is 2. The van der Waals surface area contributed by atoms with Gasteiger partial charge in [-0.15, -0.1) is 16.9 Å². The lowest BCUT2D eigenvalue weighted by molar-refractivity contribution is -0.136. The number of aromatic nitrogens is 2. The van der Waals surface area contributed by atoms with Crippen LogP contribution in [0, 0.1) is 18.8 Å². The highest BCUT2D eigenvalue weighted by atomic mass is 32.2. The van der Waals surface area contributed by atoms with Gasteiger partial charge in [-0.25, -0.2) is 0 Å². The van der Waals surface area contributed by atoms with Gasteiger partial charge in [-0.1, -0.05) is 33.6 Å². The number of carbonyl (C=O) groups is 1. The molecule has 0 bridgehead atoms. The van der Waals surface area contributed by atoms with E-state index in [-0.39, 0.29) is 16.6 Å². The van der Waals surface area contributed by atoms with Crippen LogP contribution in [0.2, 0.25) is 0 Å². The van der Waals surface area contributed by atoms with Crippen molar-refractivity contribution in [3.05, 3.63) is 52.3 Å². The lowest BCUT2D eigenvalue weighted by Crippen LogP contribution is -2.33. The summed E-state index contributed by atoms with van der Waals surface area (Å²) >= 11 is 1.94. The van der Waals surface area contributed by atoms with E-state index in [9.17, 15) is 4.79 Å². The monoisotopic (exact) mass is 380 g/mol. The predicted molar refractivity (Wildman–Crippen MR) is 108 cm³/mol. The van der Waals surface area contributed by atoms with E-state index in [1.165, 1.54) is 10.5 Å². The van der Waals surface area contributed by atoms with Crippen molar-refractivity contribution < 1.29 is 9.90 Å². The van der Waals surface area contributed by atoms with Crippen molar-refractivity contribution in [1.82, 2.24) is 10.2 Å². The van der Waals surface area contributed by atoms with Crippen LogP contribution in [0.4, 0.5) is 0 Å². The normalized spacial score (nSPS) is 16.8. The Kier molecular flexibility index (Phi) is 5.05. The summed E-state index contributed by atoms with van der Waals surface area (Å²) in [5, 5.41) is 16.7. The van der Waals surface area contributed by atoms with Crippen LogP contribution in [0.1, 0.15) is 62.2 Å². The Morgan fingerprint density at radius 1 is 1.19 bits per heavy atom. The first-order chi connectivity index (χ1) is 12.6. The van der Waals surface area contributed by atoms with E-state index >= 15 is 0 Å². The Morgan fingerprint density at radius 2 is 1.93 bits per heavy atom. The van der Waals surface area contributed by atoms with Gasteiger partial charge in [-0.3, -0.25) is 4.79 Å². The minimum Gasteiger partial charge on any atom is -0.481 e. The van der Waals surface area contributed by atoms with E-state index in [1.807, 2.05) is 11.8 Å². The minimum atomic E-state index is -0.920. The molecule has 0 spiro atoms. The van der Waals surface area contributed by atoms with E-state index < -0.39 is 5.97 Å². The van der Waals surface area contributed by atoms with Crippen molar-refractivity contribution in [2.24, 2.45) is 0 Å². The third-order valence-corrected chi connectivity index (χ3v) is 5.94. The molecule has 0 amide bonds. The molecule has 1 aromatic carbocycles. The van der Waals surface area contributed by atoms with Crippen LogP contribution in [0.15, 0.2) is 29.2 Å². The van der Waals surface area contributed by atoms with E-state index in [4.69, 9.17) is 5.11 Å². The van der Waals surface area contributed by atoms with Crippen molar-refractivity contribution in [1.29, 1.82) is 0 Å². The van der Waals surface area contributed by atoms with Gasteiger partial charge in [-0.2, -0.15) is 5.10 Å². The van der Waals surface area contributed by atoms with Crippen molar-refractivity contribution >= 4 is 17.7 Å². The Hall–Kier alpha value is -2.32. The zero-order valence-corrected chi connectivity index (χ0v) is 17.2. The maximum atomic E-state index is 10.7. The topological polar surface area (TPSA) is 63.1 Å². The van der Waals surface area contributed by atoms with E-state index in [1.54, 1.807) is 12.1 Å². The van der Waals surface area contributed by atoms with E-state index in [2.05, 4.69) is 68.8 Å². The molecule has 0 radical (unpaired) electrons. The first-order valence-electron chi connectivity index (χ1n) is 8.96. The van der Waals surface area contributed by atoms with E-state index in [0.29, 0.717) is 11.4 Å². The number of fused-ring (bicyclic) bond motifs is 1. The average Bonchev–Trinajstić information content (AvgIpc) is 2.52. The number of carboxylic acids is 1. The number of benzene rings is 1. The Bertz CT molecular complexity index is 951. The number of aliphatic carboxylic acids is 1. The summed E-state index contributed by atoms with van der Waals surface area (Å²) in [7, 11) is 0. The summed E-state index contributed by atoms with van der Waals surface area (Å²) in [6, 6.07) is 7.83. The van der Waals surface area contributed by atoms with Gasteiger partial charge in [-0.05, 0) is 60.1 Å². The second-order valence-corrected chi connectivity index (χ2v) is 10.1. The van der Waals surface area contributed by atoms with Gasteiger partial charge in [0, 0.05) is 15.2 Å². The van der Waals surface area contributed by atoms with Crippen LogP contribution < -0.4 is 0 Å². The fraction of sp³-hybridized carbons (Fsp3) is 0.409. The van der Waals surface area contributed by atoms with Gasteiger partial charge >= 0.3 is 5.97 Å². The molecular weight excluding hydrogens is 356 g/mol. The van der Waals surface area contributed by atoms with Gasteiger partial charge in [0.15, 0.2) is 0 Å². The Balaban J connectivity index is 1.92. The third kappa shape index (κ3) is 4.51. The number of carboxylic acid groups (broad SMARTS) is 1. The molecule has 0 fully saturated rings. The molecule has 5 heteroatoms. The highest BCUT2D eigenvalue weighted by Gasteiger charge is 2.38. The lowest BCUT2D eigenvalue weighted by atomic mass is 9.76. The summed E-state index contributed by atoms with van der Waals surface area (Å²) in [6.45, 7) is 11.3. The molecule has 4 nitrogen and oxygen atoms in total. The number of hydrogen-bond acceptors (Lipinski definition) is 4. The van der Waals surface area contributed by atoms with Crippen LogP contribution in [0.5, 0.6) is 0 Å². The number of rotatable bonds is 2. The summed E-state index contributed by atoms with van der Waals surface area (Å²) in [4.78, 5) is 12.1.